The second kappa shape index (κ2) is 7.53. The van der Waals surface area contributed by atoms with Crippen molar-refractivity contribution < 1.29 is 19.0 Å². The number of hydrogen-bond donors (Lipinski definition) is 2. The van der Waals surface area contributed by atoms with Crippen LogP contribution in [0.1, 0.15) is 16.9 Å². The average molecular weight is 304 g/mol. The van der Waals surface area contributed by atoms with Gasteiger partial charge in [-0.05, 0) is 10.1 Å². The number of rotatable bonds is 5. The first-order valence-electron chi connectivity index (χ1n) is 6.34. The van der Waals surface area contributed by atoms with Crippen LogP contribution in [-0.2, 0) is 15.9 Å². The molecule has 0 fully saturated rings. The zero-order valence-electron chi connectivity index (χ0n) is 11.2. The smallest absolute Gasteiger partial charge is 0.445 e. The summed E-state index contributed by atoms with van der Waals surface area (Å²) in [6, 6.07) is 17.8. The SMILES string of the molecule is O=C(NC(c1ccccc1)[P+](=O)O)OCc1ccccc1. The van der Waals surface area contributed by atoms with Crippen LogP contribution >= 0.6 is 8.03 Å². The largest absolute Gasteiger partial charge is 0.535 e. The second-order valence-electron chi connectivity index (χ2n) is 4.32. The number of alkyl carbamates (subject to hydrolysis) is 1. The molecule has 2 unspecified atom stereocenters. The Kier molecular flexibility index (Phi) is 5.43. The predicted octanol–water partition coefficient (Wildman–Crippen LogP) is 3.35. The Morgan fingerprint density at radius 3 is 2.24 bits per heavy atom. The van der Waals surface area contributed by atoms with Gasteiger partial charge < -0.3 is 4.74 Å². The van der Waals surface area contributed by atoms with Gasteiger partial charge in [-0.15, -0.1) is 0 Å². The first-order valence-corrected chi connectivity index (χ1v) is 7.62. The van der Waals surface area contributed by atoms with Crippen LogP contribution in [0, 0.1) is 0 Å². The van der Waals surface area contributed by atoms with Gasteiger partial charge in [0.2, 0.25) is 0 Å². The topological polar surface area (TPSA) is 75.6 Å². The summed E-state index contributed by atoms with van der Waals surface area (Å²) in [6.07, 6.45) is -0.731. The normalized spacial score (nSPS) is 12.3. The van der Waals surface area contributed by atoms with Crippen molar-refractivity contribution in [3.8, 4) is 0 Å². The fourth-order valence-electron chi connectivity index (χ4n) is 1.78. The first-order chi connectivity index (χ1) is 10.2. The molecule has 0 spiro atoms. The summed E-state index contributed by atoms with van der Waals surface area (Å²) in [5.41, 5.74) is 1.40. The van der Waals surface area contributed by atoms with E-state index in [2.05, 4.69) is 5.32 Å². The minimum Gasteiger partial charge on any atom is -0.445 e. The van der Waals surface area contributed by atoms with Crippen LogP contribution in [0.4, 0.5) is 4.79 Å². The minimum atomic E-state index is -2.60. The molecule has 6 heteroatoms. The molecular formula is C15H15NO4P+. The van der Waals surface area contributed by atoms with Crippen LogP contribution in [0.3, 0.4) is 0 Å². The maximum Gasteiger partial charge on any atom is 0.535 e. The van der Waals surface area contributed by atoms with E-state index in [1.54, 1.807) is 30.3 Å². The van der Waals surface area contributed by atoms with Crippen LogP contribution in [0.5, 0.6) is 0 Å². The molecule has 5 nitrogen and oxygen atoms in total. The first kappa shape index (κ1) is 15.2. The van der Waals surface area contributed by atoms with Crippen LogP contribution in [-0.4, -0.2) is 11.0 Å². The van der Waals surface area contributed by atoms with Crippen molar-refractivity contribution in [3.05, 3.63) is 71.8 Å². The van der Waals surface area contributed by atoms with Gasteiger partial charge in [-0.1, -0.05) is 60.7 Å². The molecule has 2 atom stereocenters. The molecule has 2 aromatic rings. The Labute approximate surface area is 123 Å². The lowest BCUT2D eigenvalue weighted by Crippen LogP contribution is -2.27. The molecule has 21 heavy (non-hydrogen) atoms. The van der Waals surface area contributed by atoms with Crippen LogP contribution in [0.2, 0.25) is 0 Å². The van der Waals surface area contributed by atoms with Crippen LogP contribution in [0.25, 0.3) is 0 Å². The molecule has 0 saturated carbocycles. The third kappa shape index (κ3) is 4.67. The number of hydrogen-bond acceptors (Lipinski definition) is 3. The predicted molar refractivity (Wildman–Crippen MR) is 78.8 cm³/mol. The molecule has 0 aliphatic heterocycles. The standard InChI is InChI=1S/C15H14NO4P/c17-15(20-11-12-7-3-1-4-8-12)16-14(21(18)19)13-9-5-2-6-10-13/h1-10,14H,11H2,(H-,16,17,18,19)/p+1. The van der Waals surface area contributed by atoms with E-state index in [4.69, 9.17) is 4.74 Å². The summed E-state index contributed by atoms with van der Waals surface area (Å²) in [6.45, 7) is 0.108. The molecule has 0 radical (unpaired) electrons. The number of carbonyl (C=O) groups is 1. The maximum atomic E-state index is 11.7. The Bertz CT molecular complexity index is 604. The van der Waals surface area contributed by atoms with Gasteiger partial charge >= 0.3 is 14.1 Å². The number of nitrogens with one attached hydrogen (secondary N) is 1. The zero-order chi connectivity index (χ0) is 15.1. The molecule has 0 bridgehead atoms. The summed E-state index contributed by atoms with van der Waals surface area (Å²) in [5, 5.41) is 2.41. The highest BCUT2D eigenvalue weighted by molar-refractivity contribution is 7.38. The van der Waals surface area contributed by atoms with E-state index in [0.29, 0.717) is 5.56 Å². The Morgan fingerprint density at radius 2 is 1.67 bits per heavy atom. The highest BCUT2D eigenvalue weighted by Crippen LogP contribution is 2.34. The molecule has 0 saturated heterocycles. The molecule has 0 aliphatic carbocycles. The molecule has 0 aromatic heterocycles. The van der Waals surface area contributed by atoms with Crippen molar-refractivity contribution in [3.63, 3.8) is 0 Å². The summed E-state index contributed by atoms with van der Waals surface area (Å²) >= 11 is 0. The second-order valence-corrected chi connectivity index (χ2v) is 5.44. The molecule has 108 valence electrons. The zero-order valence-corrected chi connectivity index (χ0v) is 12.1. The maximum absolute atomic E-state index is 11.7. The van der Waals surface area contributed by atoms with E-state index in [-0.39, 0.29) is 6.61 Å². The van der Waals surface area contributed by atoms with Crippen molar-refractivity contribution in [1.29, 1.82) is 0 Å². The van der Waals surface area contributed by atoms with E-state index < -0.39 is 19.9 Å². The molecule has 0 aliphatic rings. The molecule has 0 heterocycles. The molecule has 2 rings (SSSR count). The third-order valence-electron chi connectivity index (χ3n) is 2.80. The molecule has 1 amide bonds. The monoisotopic (exact) mass is 304 g/mol. The highest BCUT2D eigenvalue weighted by Gasteiger charge is 2.33. The van der Waals surface area contributed by atoms with E-state index in [0.717, 1.165) is 5.56 Å². The third-order valence-corrected chi connectivity index (χ3v) is 3.67. The van der Waals surface area contributed by atoms with E-state index in [1.807, 2.05) is 30.3 Å². The van der Waals surface area contributed by atoms with Gasteiger partial charge in [0.1, 0.15) is 6.61 Å². The summed E-state index contributed by atoms with van der Waals surface area (Å²) in [5.74, 6) is -0.982. The lowest BCUT2D eigenvalue weighted by atomic mass is 10.2. The summed E-state index contributed by atoms with van der Waals surface area (Å²) in [7, 11) is -2.60. The fraction of sp³-hybridized carbons (Fsp3) is 0.133. The highest BCUT2D eigenvalue weighted by atomic mass is 31.1. The summed E-state index contributed by atoms with van der Waals surface area (Å²) in [4.78, 5) is 21.1. The molecular weight excluding hydrogens is 289 g/mol. The van der Waals surface area contributed by atoms with E-state index in [9.17, 15) is 14.3 Å². The van der Waals surface area contributed by atoms with Crippen molar-refractivity contribution in [2.24, 2.45) is 0 Å². The lowest BCUT2D eigenvalue weighted by molar-refractivity contribution is 0.138. The molecule has 2 N–H and O–H groups in total. The fourth-order valence-corrected chi connectivity index (χ4v) is 2.42. The number of carbonyl (C=O) groups excluding carboxylic acids is 1. The average Bonchev–Trinajstić information content (AvgIpc) is 2.52. The minimum absolute atomic E-state index is 0.108. The van der Waals surface area contributed by atoms with Crippen molar-refractivity contribution in [2.75, 3.05) is 0 Å². The number of ether oxygens (including phenoxy) is 1. The Hall–Kier alpha value is -2.23. The Balaban J connectivity index is 1.95. The summed E-state index contributed by atoms with van der Waals surface area (Å²) < 4.78 is 16.4. The van der Waals surface area contributed by atoms with Gasteiger partial charge in [0.15, 0.2) is 0 Å². The number of amides is 1. The van der Waals surface area contributed by atoms with Gasteiger partial charge in [-0.25, -0.2) is 4.79 Å². The van der Waals surface area contributed by atoms with Gasteiger partial charge in [0.25, 0.3) is 5.78 Å². The van der Waals surface area contributed by atoms with Crippen molar-refractivity contribution in [1.82, 2.24) is 5.32 Å². The van der Waals surface area contributed by atoms with Gasteiger partial charge in [0, 0.05) is 5.56 Å². The van der Waals surface area contributed by atoms with Gasteiger partial charge in [-0.3, -0.25) is 5.32 Å². The van der Waals surface area contributed by atoms with Crippen LogP contribution in [0.15, 0.2) is 60.7 Å². The lowest BCUT2D eigenvalue weighted by Gasteiger charge is -2.09. The van der Waals surface area contributed by atoms with Gasteiger partial charge in [-0.2, -0.15) is 4.89 Å². The van der Waals surface area contributed by atoms with Crippen molar-refractivity contribution in [2.45, 2.75) is 12.4 Å². The quantitative estimate of drug-likeness (QED) is 0.831. The van der Waals surface area contributed by atoms with Crippen LogP contribution < -0.4 is 5.32 Å². The number of benzene rings is 2. The van der Waals surface area contributed by atoms with E-state index >= 15 is 0 Å². The van der Waals surface area contributed by atoms with Gasteiger partial charge in [0.05, 0.1) is 0 Å². The Morgan fingerprint density at radius 1 is 1.10 bits per heavy atom. The molecule has 2 aromatic carbocycles. The van der Waals surface area contributed by atoms with E-state index in [1.165, 1.54) is 0 Å². The van der Waals surface area contributed by atoms with Crippen molar-refractivity contribution >= 4 is 14.1 Å².